The Morgan fingerprint density at radius 3 is 2.67 bits per heavy atom. The first kappa shape index (κ1) is 23.2. The highest BCUT2D eigenvalue weighted by Gasteiger charge is 2.66. The lowest BCUT2D eigenvalue weighted by atomic mass is 9.58. The second-order valence-electron chi connectivity index (χ2n) is 13.1. The second kappa shape index (κ2) is 8.05. The molecule has 0 aromatic heterocycles. The maximum absolute atomic E-state index is 7.56. The van der Waals surface area contributed by atoms with Gasteiger partial charge in [-0.05, 0) is 116 Å². The molecule has 1 saturated heterocycles. The van der Waals surface area contributed by atoms with Crippen LogP contribution >= 0.6 is 0 Å². The van der Waals surface area contributed by atoms with Gasteiger partial charge >= 0.3 is 0 Å². The van der Waals surface area contributed by atoms with E-state index < -0.39 is 0 Å². The van der Waals surface area contributed by atoms with E-state index in [1.54, 1.807) is 16.7 Å². The number of ether oxygens (including phenoxy) is 1. The molecule has 0 N–H and O–H groups in total. The second-order valence-corrected chi connectivity index (χ2v) is 13.1. The monoisotopic (exact) mass is 481 g/mol. The highest BCUT2D eigenvalue weighted by atomic mass is 16.5. The van der Waals surface area contributed by atoms with Crippen molar-refractivity contribution in [2.24, 2.45) is 11.3 Å². The van der Waals surface area contributed by atoms with Crippen molar-refractivity contribution in [3.05, 3.63) is 71.3 Å². The van der Waals surface area contributed by atoms with Crippen LogP contribution in [0.3, 0.4) is 0 Å². The molecule has 0 amide bonds. The summed E-state index contributed by atoms with van der Waals surface area (Å²) in [7, 11) is 0. The maximum atomic E-state index is 7.56. The number of fused-ring (bicyclic) bond motifs is 2. The molecule has 2 aliphatic heterocycles. The molecule has 36 heavy (non-hydrogen) atoms. The van der Waals surface area contributed by atoms with Crippen molar-refractivity contribution in [2.45, 2.75) is 108 Å². The first-order valence-electron chi connectivity index (χ1n) is 14.7. The van der Waals surface area contributed by atoms with E-state index in [4.69, 9.17) is 4.74 Å². The van der Waals surface area contributed by atoms with Crippen LogP contribution in [0.1, 0.15) is 90.5 Å². The summed E-state index contributed by atoms with van der Waals surface area (Å²) in [4.78, 5) is 2.72. The van der Waals surface area contributed by atoms with Gasteiger partial charge in [-0.1, -0.05) is 68.5 Å². The van der Waals surface area contributed by atoms with Crippen molar-refractivity contribution in [1.82, 2.24) is 4.90 Å². The van der Waals surface area contributed by atoms with E-state index in [9.17, 15) is 0 Å². The van der Waals surface area contributed by atoms with Gasteiger partial charge in [-0.25, -0.2) is 0 Å². The van der Waals surface area contributed by atoms with Gasteiger partial charge in [-0.15, -0.1) is 0 Å². The third kappa shape index (κ3) is 3.10. The third-order valence-corrected chi connectivity index (χ3v) is 11.3. The molecule has 5 aliphatic rings. The first-order chi connectivity index (χ1) is 17.4. The molecule has 3 aliphatic carbocycles. The van der Waals surface area contributed by atoms with Crippen LogP contribution in [0.15, 0.2) is 65.8 Å². The summed E-state index contributed by atoms with van der Waals surface area (Å²) in [6.07, 6.45) is 15.1. The molecule has 2 spiro atoms. The Kier molecular flexibility index (Phi) is 5.19. The lowest BCUT2D eigenvalue weighted by Gasteiger charge is -2.55. The predicted molar refractivity (Wildman–Crippen MR) is 149 cm³/mol. The van der Waals surface area contributed by atoms with Crippen molar-refractivity contribution in [2.75, 3.05) is 6.54 Å². The van der Waals surface area contributed by atoms with Gasteiger partial charge < -0.3 is 4.74 Å². The Morgan fingerprint density at radius 2 is 1.86 bits per heavy atom. The molecule has 2 nitrogen and oxygen atoms in total. The number of benzene rings is 2. The molecule has 190 valence electrons. The summed E-state index contributed by atoms with van der Waals surface area (Å²) in [5, 5.41) is 2.73. The summed E-state index contributed by atoms with van der Waals surface area (Å²) in [6.45, 7) is 10.8. The fraction of sp³-hybridized carbons (Fsp3) is 0.588. The van der Waals surface area contributed by atoms with Gasteiger partial charge in [-0.3, -0.25) is 4.90 Å². The zero-order valence-corrected chi connectivity index (χ0v) is 22.7. The fourth-order valence-corrected chi connectivity index (χ4v) is 9.68. The van der Waals surface area contributed by atoms with Gasteiger partial charge in [0.2, 0.25) is 0 Å². The van der Waals surface area contributed by atoms with Crippen LogP contribution in [0.25, 0.3) is 10.8 Å². The Labute approximate surface area is 217 Å². The van der Waals surface area contributed by atoms with Crippen molar-refractivity contribution in [1.29, 1.82) is 0 Å². The Morgan fingerprint density at radius 1 is 1.03 bits per heavy atom. The van der Waals surface area contributed by atoms with Gasteiger partial charge in [-0.2, -0.15) is 0 Å². The van der Waals surface area contributed by atoms with Crippen LogP contribution in [-0.2, 0) is 4.74 Å². The number of hydrogen-bond acceptors (Lipinski definition) is 2. The molecule has 2 heterocycles. The van der Waals surface area contributed by atoms with E-state index in [2.05, 4.69) is 87.2 Å². The Bertz CT molecular complexity index is 1260. The molecule has 0 radical (unpaired) electrons. The highest BCUT2D eigenvalue weighted by Crippen LogP contribution is 2.69. The molecular formula is C34H43NO. The number of nitrogens with zero attached hydrogens (tertiary/aromatic N) is 1. The lowest BCUT2D eigenvalue weighted by molar-refractivity contribution is -0.141. The van der Waals surface area contributed by atoms with E-state index in [0.29, 0.717) is 23.9 Å². The number of rotatable bonds is 4. The standard InChI is InChI=1S/C34H43NO/c1-5-35(23(2)3)29-13-12-27-21-28-16-17-32(4)30(26-11-10-24-8-6-7-9-25(24)20-26)14-15-31(32)34(28)19-18-33(27,22-29)36-34/h6-11,16,20-21,23,29-31H,5,12-15,17-19,22H2,1-4H3/t29-,30-,31-,32-,33?,34-/m1/s1. The predicted octanol–water partition coefficient (Wildman–Crippen LogP) is 8.18. The van der Waals surface area contributed by atoms with Gasteiger partial charge in [0.15, 0.2) is 0 Å². The molecule has 1 unspecified atom stereocenters. The Balaban J connectivity index is 1.24. The first-order valence-corrected chi connectivity index (χ1v) is 14.7. The highest BCUT2D eigenvalue weighted by molar-refractivity contribution is 5.83. The van der Waals surface area contributed by atoms with E-state index in [0.717, 1.165) is 6.54 Å². The van der Waals surface area contributed by atoms with Crippen molar-refractivity contribution in [3.8, 4) is 0 Å². The maximum Gasteiger partial charge on any atom is 0.0974 e. The van der Waals surface area contributed by atoms with Crippen LogP contribution in [0.2, 0.25) is 0 Å². The molecule has 2 bridgehead atoms. The van der Waals surface area contributed by atoms with Crippen LogP contribution in [0, 0.1) is 11.3 Å². The molecule has 7 rings (SSSR count). The molecule has 2 aromatic rings. The van der Waals surface area contributed by atoms with Crippen LogP contribution < -0.4 is 0 Å². The minimum absolute atomic E-state index is 0.0121. The zero-order valence-electron chi connectivity index (χ0n) is 22.7. The van der Waals surface area contributed by atoms with Gasteiger partial charge in [0.1, 0.15) is 0 Å². The summed E-state index contributed by atoms with van der Waals surface area (Å²) in [5.41, 5.74) is 4.90. The van der Waals surface area contributed by atoms with E-state index in [1.807, 2.05) is 0 Å². The van der Waals surface area contributed by atoms with E-state index in [-0.39, 0.29) is 16.6 Å². The zero-order chi connectivity index (χ0) is 24.7. The minimum Gasteiger partial charge on any atom is -0.359 e. The summed E-state index contributed by atoms with van der Waals surface area (Å²) in [6, 6.07) is 17.3. The molecule has 6 atom stereocenters. The molecule has 3 fully saturated rings. The van der Waals surface area contributed by atoms with Gasteiger partial charge in [0, 0.05) is 12.1 Å². The Hall–Kier alpha value is -1.90. The quantitative estimate of drug-likeness (QED) is 0.436. The van der Waals surface area contributed by atoms with Crippen LogP contribution in [0.4, 0.5) is 0 Å². The van der Waals surface area contributed by atoms with Crippen molar-refractivity contribution in [3.63, 3.8) is 0 Å². The summed E-state index contributed by atoms with van der Waals surface area (Å²) < 4.78 is 7.56. The minimum atomic E-state index is -0.0567. The molecule has 2 aromatic carbocycles. The normalized spacial score (nSPS) is 39.1. The molecule has 2 heteroatoms. The average Bonchev–Trinajstić information content (AvgIpc) is 3.39. The SMILES string of the molecule is CCN(C(C)C)[C@@H]1CCC2=CC3=CC[C@]4(C)[C@@H](c5ccc6ccccc6c5)CC[C@H]4[C@@]34CCC2(C1)O4. The van der Waals surface area contributed by atoms with Crippen LogP contribution in [0.5, 0.6) is 0 Å². The average molecular weight is 482 g/mol. The number of allylic oxidation sites excluding steroid dienone is 1. The van der Waals surface area contributed by atoms with Gasteiger partial charge in [0.05, 0.1) is 11.2 Å². The number of hydrogen-bond donors (Lipinski definition) is 0. The molecule has 2 saturated carbocycles. The topological polar surface area (TPSA) is 12.5 Å². The fourth-order valence-electron chi connectivity index (χ4n) is 9.68. The van der Waals surface area contributed by atoms with Gasteiger partial charge in [0.25, 0.3) is 0 Å². The smallest absolute Gasteiger partial charge is 0.0974 e. The summed E-state index contributed by atoms with van der Waals surface area (Å²) in [5.74, 6) is 1.23. The lowest BCUT2D eigenvalue weighted by Crippen LogP contribution is -2.56. The summed E-state index contributed by atoms with van der Waals surface area (Å²) >= 11 is 0. The van der Waals surface area contributed by atoms with Crippen molar-refractivity contribution < 1.29 is 4.74 Å². The van der Waals surface area contributed by atoms with Crippen molar-refractivity contribution >= 4 is 10.8 Å². The largest absolute Gasteiger partial charge is 0.359 e. The van der Waals surface area contributed by atoms with E-state index in [1.165, 1.54) is 62.1 Å². The van der Waals surface area contributed by atoms with E-state index >= 15 is 0 Å². The third-order valence-electron chi connectivity index (χ3n) is 11.3. The van der Waals surface area contributed by atoms with Crippen LogP contribution in [-0.4, -0.2) is 34.7 Å². The molecular weight excluding hydrogens is 438 g/mol.